The van der Waals surface area contributed by atoms with Crippen LogP contribution in [-0.2, 0) is 0 Å². The number of amides is 1. The molecule has 4 heteroatoms. The quantitative estimate of drug-likeness (QED) is 0.687. The summed E-state index contributed by atoms with van der Waals surface area (Å²) in [7, 11) is 0. The summed E-state index contributed by atoms with van der Waals surface area (Å²) in [5, 5.41) is 2.25. The Morgan fingerprint density at radius 1 is 0.917 bits per heavy atom. The summed E-state index contributed by atoms with van der Waals surface area (Å²) in [6, 6.07) is 22.8. The van der Waals surface area contributed by atoms with E-state index in [2.05, 4.69) is 41.1 Å². The lowest BCUT2D eigenvalue weighted by Crippen LogP contribution is -2.42. The van der Waals surface area contributed by atoms with Crippen molar-refractivity contribution in [3.05, 3.63) is 89.7 Å². The average Bonchev–Trinajstić information content (AvgIpc) is 3.21. The first kappa shape index (κ1) is 13.9. The molecule has 0 radical (unpaired) electrons. The van der Waals surface area contributed by atoms with E-state index in [0.29, 0.717) is 5.25 Å². The molecule has 0 N–H and O–H groups in total. The lowest BCUT2D eigenvalue weighted by atomic mass is 9.99. The summed E-state index contributed by atoms with van der Waals surface area (Å²) in [5.41, 5.74) is 3.19. The van der Waals surface area contributed by atoms with Gasteiger partial charge >= 0.3 is 0 Å². The van der Waals surface area contributed by atoms with Crippen LogP contribution in [0.4, 0.5) is 0 Å². The summed E-state index contributed by atoms with van der Waals surface area (Å²) < 4.78 is 2.05. The van der Waals surface area contributed by atoms with Crippen LogP contribution in [0.3, 0.4) is 0 Å². The normalized spacial score (nSPS) is 21.3. The molecule has 3 aromatic rings. The predicted molar refractivity (Wildman–Crippen MR) is 95.8 cm³/mol. The number of benzene rings is 2. The molecule has 118 valence electrons. The molecule has 0 fully saturated rings. The third-order valence-corrected chi connectivity index (χ3v) is 6.10. The highest BCUT2D eigenvalue weighted by Gasteiger charge is 2.43. The third-order valence-electron chi connectivity index (χ3n) is 4.83. The molecular weight excluding hydrogens is 316 g/mol. The number of nitrogens with zero attached hydrogens (tertiary/aromatic N) is 2. The van der Waals surface area contributed by atoms with E-state index in [1.807, 2.05) is 53.3 Å². The maximum absolute atomic E-state index is 12.9. The second kappa shape index (κ2) is 5.28. The summed E-state index contributed by atoms with van der Waals surface area (Å²) >= 11 is 1.88. The minimum absolute atomic E-state index is 0.108. The van der Waals surface area contributed by atoms with Crippen LogP contribution < -0.4 is 5.01 Å². The Balaban J connectivity index is 1.58. The minimum atomic E-state index is 0.108. The first-order valence-electron chi connectivity index (χ1n) is 8.14. The number of hydrogen-bond acceptors (Lipinski definition) is 2. The molecule has 1 aromatic heterocycles. The average molecular weight is 332 g/mol. The van der Waals surface area contributed by atoms with Gasteiger partial charge in [0.15, 0.2) is 0 Å². The van der Waals surface area contributed by atoms with Gasteiger partial charge in [0.1, 0.15) is 0 Å². The number of carbonyl (C=O) groups excluding carboxylic acids is 1. The largest absolute Gasteiger partial charge is 0.273 e. The van der Waals surface area contributed by atoms with Crippen LogP contribution in [-0.4, -0.2) is 10.6 Å². The van der Waals surface area contributed by atoms with Crippen molar-refractivity contribution >= 4 is 17.7 Å². The molecule has 1 amide bonds. The van der Waals surface area contributed by atoms with Gasteiger partial charge < -0.3 is 0 Å². The van der Waals surface area contributed by atoms with Crippen LogP contribution in [0.15, 0.2) is 77.8 Å². The van der Waals surface area contributed by atoms with E-state index in [9.17, 15) is 4.79 Å². The molecule has 0 spiro atoms. The van der Waals surface area contributed by atoms with Gasteiger partial charge in [-0.15, -0.1) is 11.8 Å². The monoisotopic (exact) mass is 332 g/mol. The fourth-order valence-corrected chi connectivity index (χ4v) is 5.01. The van der Waals surface area contributed by atoms with E-state index in [4.69, 9.17) is 0 Å². The summed E-state index contributed by atoms with van der Waals surface area (Å²) in [6.45, 7) is 0. The molecule has 2 aliphatic rings. The van der Waals surface area contributed by atoms with Crippen molar-refractivity contribution in [1.82, 2.24) is 4.68 Å². The SMILES string of the molecule is O=C1c2ccccc2[C@@H]2C[C@@H](Sc3ccccc3)c3cccn3N12. The molecule has 0 bridgehead atoms. The van der Waals surface area contributed by atoms with E-state index in [-0.39, 0.29) is 11.9 Å². The van der Waals surface area contributed by atoms with Crippen LogP contribution in [0.25, 0.3) is 0 Å². The first-order chi connectivity index (χ1) is 11.8. The number of carbonyl (C=O) groups is 1. The number of hydrogen-bond donors (Lipinski definition) is 0. The molecule has 3 heterocycles. The zero-order chi connectivity index (χ0) is 16.1. The van der Waals surface area contributed by atoms with Crippen LogP contribution in [0.2, 0.25) is 0 Å². The van der Waals surface area contributed by atoms with Gasteiger partial charge in [0, 0.05) is 16.7 Å². The lowest BCUT2D eigenvalue weighted by Gasteiger charge is -2.37. The zero-order valence-electron chi connectivity index (χ0n) is 13.0. The minimum Gasteiger partial charge on any atom is -0.267 e. The van der Waals surface area contributed by atoms with Crippen molar-refractivity contribution < 1.29 is 4.79 Å². The van der Waals surface area contributed by atoms with E-state index in [1.165, 1.54) is 10.6 Å². The van der Waals surface area contributed by atoms with Gasteiger partial charge in [-0.3, -0.25) is 9.47 Å². The topological polar surface area (TPSA) is 25.2 Å². The lowest BCUT2D eigenvalue weighted by molar-refractivity contribution is 0.0954. The van der Waals surface area contributed by atoms with Crippen LogP contribution in [0.1, 0.15) is 39.3 Å². The number of aromatic nitrogens is 1. The Morgan fingerprint density at radius 3 is 2.58 bits per heavy atom. The fraction of sp³-hybridized carbons (Fsp3) is 0.150. The van der Waals surface area contributed by atoms with Crippen molar-refractivity contribution in [3.8, 4) is 0 Å². The van der Waals surface area contributed by atoms with Gasteiger partial charge in [-0.05, 0) is 42.3 Å². The fourth-order valence-electron chi connectivity index (χ4n) is 3.79. The molecular formula is C20H16N2OS. The van der Waals surface area contributed by atoms with Crippen molar-refractivity contribution in [1.29, 1.82) is 0 Å². The maximum Gasteiger partial charge on any atom is 0.273 e. The standard InChI is InChI=1S/C20H16N2OS/c23-20-16-10-5-4-9-15(16)18-13-19(24-14-7-2-1-3-8-14)17-11-6-12-21(17)22(18)20/h1-12,18-19H,13H2/t18-,19+/m0/s1. The molecule has 3 nitrogen and oxygen atoms in total. The van der Waals surface area contributed by atoms with Crippen molar-refractivity contribution in [3.63, 3.8) is 0 Å². The molecule has 0 aliphatic carbocycles. The molecule has 0 saturated carbocycles. The molecule has 5 rings (SSSR count). The van der Waals surface area contributed by atoms with Crippen LogP contribution >= 0.6 is 11.8 Å². The second-order valence-electron chi connectivity index (χ2n) is 6.19. The van der Waals surface area contributed by atoms with Crippen LogP contribution in [0.5, 0.6) is 0 Å². The molecule has 2 atom stereocenters. The Hall–Kier alpha value is -2.46. The molecule has 2 aromatic carbocycles. The van der Waals surface area contributed by atoms with Gasteiger partial charge in [0.25, 0.3) is 5.91 Å². The van der Waals surface area contributed by atoms with Gasteiger partial charge in [-0.1, -0.05) is 36.4 Å². The van der Waals surface area contributed by atoms with Crippen molar-refractivity contribution in [2.45, 2.75) is 22.6 Å². The van der Waals surface area contributed by atoms with E-state index < -0.39 is 0 Å². The first-order valence-corrected chi connectivity index (χ1v) is 9.02. The highest BCUT2D eigenvalue weighted by molar-refractivity contribution is 7.99. The van der Waals surface area contributed by atoms with E-state index >= 15 is 0 Å². The van der Waals surface area contributed by atoms with Gasteiger partial charge in [0.05, 0.1) is 17.0 Å². The smallest absolute Gasteiger partial charge is 0.267 e. The summed E-state index contributed by atoms with van der Waals surface area (Å²) in [6.07, 6.45) is 2.94. The summed E-state index contributed by atoms with van der Waals surface area (Å²) in [4.78, 5) is 14.1. The number of rotatable bonds is 2. The van der Waals surface area contributed by atoms with Gasteiger partial charge in [-0.25, -0.2) is 5.01 Å². The molecule has 24 heavy (non-hydrogen) atoms. The molecule has 2 aliphatic heterocycles. The highest BCUT2D eigenvalue weighted by Crippen LogP contribution is 2.49. The van der Waals surface area contributed by atoms with Crippen molar-refractivity contribution in [2.75, 3.05) is 5.01 Å². The molecule has 0 unspecified atom stereocenters. The van der Waals surface area contributed by atoms with E-state index in [0.717, 1.165) is 17.5 Å². The summed E-state index contributed by atoms with van der Waals surface area (Å²) in [5.74, 6) is 0.108. The maximum atomic E-state index is 12.9. The highest BCUT2D eigenvalue weighted by atomic mass is 32.2. The third kappa shape index (κ3) is 1.96. The predicted octanol–water partition coefficient (Wildman–Crippen LogP) is 4.56. The van der Waals surface area contributed by atoms with E-state index in [1.54, 1.807) is 0 Å². The van der Waals surface area contributed by atoms with Crippen LogP contribution in [0, 0.1) is 0 Å². The Kier molecular flexibility index (Phi) is 3.06. The molecule has 0 saturated heterocycles. The Morgan fingerprint density at radius 2 is 1.71 bits per heavy atom. The van der Waals surface area contributed by atoms with Crippen molar-refractivity contribution in [2.24, 2.45) is 0 Å². The Labute approximate surface area is 144 Å². The second-order valence-corrected chi connectivity index (χ2v) is 7.46. The van der Waals surface area contributed by atoms with Gasteiger partial charge in [0.2, 0.25) is 0 Å². The number of thioether (sulfide) groups is 1. The number of fused-ring (bicyclic) bond motifs is 5. The zero-order valence-corrected chi connectivity index (χ0v) is 13.8. The Bertz CT molecular complexity index is 918. The van der Waals surface area contributed by atoms with Gasteiger partial charge in [-0.2, -0.15) is 0 Å².